The van der Waals surface area contributed by atoms with Gasteiger partial charge in [0.2, 0.25) is 5.95 Å². The maximum atomic E-state index is 13.7. The Hall–Kier alpha value is -2.31. The summed E-state index contributed by atoms with van der Waals surface area (Å²) >= 11 is 0. The van der Waals surface area contributed by atoms with Crippen LogP contribution in [0.25, 0.3) is 11.3 Å². The first-order chi connectivity index (χ1) is 13.5. The minimum atomic E-state index is -4.55. The zero-order chi connectivity index (χ0) is 21.0. The van der Waals surface area contributed by atoms with Crippen molar-refractivity contribution < 1.29 is 17.9 Å². The van der Waals surface area contributed by atoms with E-state index in [1.54, 1.807) is 24.3 Å². The molecule has 0 radical (unpaired) electrons. The summed E-state index contributed by atoms with van der Waals surface area (Å²) in [6.45, 7) is 7.35. The molecule has 0 spiro atoms. The maximum Gasteiger partial charge on any atom is 0.433 e. The number of methoxy groups -OCH3 is 1. The molecule has 2 atom stereocenters. The predicted octanol–water partition coefficient (Wildman–Crippen LogP) is 5.58. The molecule has 4 nitrogen and oxygen atoms in total. The molecule has 1 aliphatic carbocycles. The lowest BCUT2D eigenvalue weighted by atomic mass is 9.65. The molecule has 2 aliphatic rings. The normalized spacial score (nSPS) is 25.9. The van der Waals surface area contributed by atoms with Crippen LogP contribution >= 0.6 is 0 Å². The number of alkyl halides is 3. The van der Waals surface area contributed by atoms with Crippen molar-refractivity contribution in [2.45, 2.75) is 52.3 Å². The van der Waals surface area contributed by atoms with E-state index in [1.807, 2.05) is 4.90 Å². The van der Waals surface area contributed by atoms with Crippen molar-refractivity contribution in [3.05, 3.63) is 36.0 Å². The zero-order valence-electron chi connectivity index (χ0n) is 17.2. The SMILES string of the molecule is COc1ccccc1-c1cc(C(F)(F)F)nc(N2C[C@@]3(C)C[C@H]2CC(C)(C)C3)n1. The highest BCUT2D eigenvalue weighted by molar-refractivity contribution is 5.68. The van der Waals surface area contributed by atoms with Crippen molar-refractivity contribution in [3.8, 4) is 17.0 Å². The Labute approximate surface area is 169 Å². The lowest BCUT2D eigenvalue weighted by Crippen LogP contribution is -2.35. The van der Waals surface area contributed by atoms with E-state index in [1.165, 1.54) is 7.11 Å². The lowest BCUT2D eigenvalue weighted by Gasteiger charge is -2.39. The van der Waals surface area contributed by atoms with Gasteiger partial charge in [0, 0.05) is 18.2 Å². The Morgan fingerprint density at radius 2 is 1.83 bits per heavy atom. The minimum absolute atomic E-state index is 0.0641. The van der Waals surface area contributed by atoms with E-state index in [4.69, 9.17) is 4.74 Å². The third kappa shape index (κ3) is 3.79. The molecule has 2 bridgehead atoms. The predicted molar refractivity (Wildman–Crippen MR) is 106 cm³/mol. The van der Waals surface area contributed by atoms with Crippen LogP contribution in [0, 0.1) is 10.8 Å². The first kappa shape index (κ1) is 20.0. The largest absolute Gasteiger partial charge is 0.496 e. The van der Waals surface area contributed by atoms with Gasteiger partial charge < -0.3 is 9.64 Å². The summed E-state index contributed by atoms with van der Waals surface area (Å²) in [6, 6.07) is 8.14. The molecule has 29 heavy (non-hydrogen) atoms. The number of ether oxygens (including phenoxy) is 1. The van der Waals surface area contributed by atoms with Crippen molar-refractivity contribution in [2.24, 2.45) is 10.8 Å². The summed E-state index contributed by atoms with van der Waals surface area (Å²) in [6.07, 6.45) is -1.62. The van der Waals surface area contributed by atoms with Crippen LogP contribution in [0.5, 0.6) is 5.75 Å². The van der Waals surface area contributed by atoms with Gasteiger partial charge in [-0.1, -0.05) is 32.9 Å². The van der Waals surface area contributed by atoms with Gasteiger partial charge in [-0.3, -0.25) is 0 Å². The van der Waals surface area contributed by atoms with Crippen molar-refractivity contribution >= 4 is 5.95 Å². The summed E-state index contributed by atoms with van der Waals surface area (Å²) in [5.74, 6) is 0.644. The van der Waals surface area contributed by atoms with E-state index in [-0.39, 0.29) is 28.5 Å². The van der Waals surface area contributed by atoms with Gasteiger partial charge in [-0.05, 0) is 48.3 Å². The fraction of sp³-hybridized carbons (Fsp3) is 0.545. The van der Waals surface area contributed by atoms with E-state index in [0.717, 1.165) is 25.3 Å². The molecule has 0 amide bonds. The number of fused-ring (bicyclic) bond motifs is 2. The molecular weight excluding hydrogens is 379 g/mol. The van der Waals surface area contributed by atoms with Gasteiger partial charge in [-0.2, -0.15) is 13.2 Å². The summed E-state index contributed by atoms with van der Waals surface area (Å²) in [5, 5.41) is 0. The average molecular weight is 405 g/mol. The Kier molecular flexibility index (Phi) is 4.55. The van der Waals surface area contributed by atoms with Crippen LogP contribution in [0.15, 0.2) is 30.3 Å². The fourth-order valence-corrected chi connectivity index (χ4v) is 5.40. The fourth-order valence-electron chi connectivity index (χ4n) is 5.40. The first-order valence-corrected chi connectivity index (χ1v) is 9.86. The van der Waals surface area contributed by atoms with Crippen molar-refractivity contribution in [2.75, 3.05) is 18.6 Å². The monoisotopic (exact) mass is 405 g/mol. The Morgan fingerprint density at radius 3 is 2.52 bits per heavy atom. The van der Waals surface area contributed by atoms with E-state index in [2.05, 4.69) is 30.7 Å². The van der Waals surface area contributed by atoms with E-state index >= 15 is 0 Å². The topological polar surface area (TPSA) is 38.2 Å². The van der Waals surface area contributed by atoms with Gasteiger partial charge in [0.15, 0.2) is 5.69 Å². The molecule has 2 fully saturated rings. The molecule has 2 heterocycles. The standard InChI is InChI=1S/C22H26F3N3O/c1-20(2)10-14-11-21(3,12-20)13-28(14)19-26-16(9-18(27-19)22(23,24)25)15-7-5-6-8-17(15)29-4/h5-9,14H,10-13H2,1-4H3/t14-,21+/m1/s1. The minimum Gasteiger partial charge on any atom is -0.496 e. The van der Waals surface area contributed by atoms with Gasteiger partial charge in [-0.15, -0.1) is 0 Å². The second-order valence-electron chi connectivity index (χ2n) is 9.48. The molecule has 1 aliphatic heterocycles. The Bertz CT molecular complexity index is 928. The highest BCUT2D eigenvalue weighted by Crippen LogP contribution is 2.53. The van der Waals surface area contributed by atoms with Crippen LogP contribution in [0.4, 0.5) is 19.1 Å². The number of aromatic nitrogens is 2. The van der Waals surface area contributed by atoms with Crippen molar-refractivity contribution in [1.29, 1.82) is 0 Å². The van der Waals surface area contributed by atoms with Crippen LogP contribution in [-0.4, -0.2) is 29.7 Å². The summed E-state index contributed by atoms with van der Waals surface area (Å²) in [5.41, 5.74) is 0.0477. The molecule has 1 aromatic carbocycles. The van der Waals surface area contributed by atoms with Crippen LogP contribution in [0.2, 0.25) is 0 Å². The zero-order valence-corrected chi connectivity index (χ0v) is 17.2. The molecular formula is C22H26F3N3O. The molecule has 2 aromatic rings. The van der Waals surface area contributed by atoms with E-state index in [0.29, 0.717) is 17.9 Å². The third-order valence-electron chi connectivity index (χ3n) is 6.06. The number of benzene rings is 1. The number of hydrogen-bond acceptors (Lipinski definition) is 4. The number of para-hydroxylation sites is 1. The van der Waals surface area contributed by atoms with Gasteiger partial charge in [0.05, 0.1) is 12.8 Å². The first-order valence-electron chi connectivity index (χ1n) is 9.86. The number of nitrogens with zero attached hydrogens (tertiary/aromatic N) is 3. The molecule has 156 valence electrons. The lowest BCUT2D eigenvalue weighted by molar-refractivity contribution is -0.141. The van der Waals surface area contributed by atoms with E-state index < -0.39 is 11.9 Å². The number of halogens is 3. The van der Waals surface area contributed by atoms with Crippen molar-refractivity contribution in [1.82, 2.24) is 9.97 Å². The summed E-state index contributed by atoms with van der Waals surface area (Å²) in [4.78, 5) is 10.5. The molecule has 0 unspecified atom stereocenters. The molecule has 0 N–H and O–H groups in total. The number of anilines is 1. The van der Waals surface area contributed by atoms with Crippen LogP contribution < -0.4 is 9.64 Å². The molecule has 1 saturated carbocycles. The van der Waals surface area contributed by atoms with Crippen LogP contribution in [0.1, 0.15) is 45.7 Å². The van der Waals surface area contributed by atoms with Gasteiger partial charge >= 0.3 is 6.18 Å². The molecule has 1 saturated heterocycles. The molecule has 4 rings (SSSR count). The summed E-state index contributed by atoms with van der Waals surface area (Å²) in [7, 11) is 1.50. The van der Waals surface area contributed by atoms with Gasteiger partial charge in [-0.25, -0.2) is 9.97 Å². The second-order valence-corrected chi connectivity index (χ2v) is 9.48. The van der Waals surface area contributed by atoms with Crippen LogP contribution in [0.3, 0.4) is 0 Å². The van der Waals surface area contributed by atoms with Crippen LogP contribution in [-0.2, 0) is 6.18 Å². The summed E-state index contributed by atoms with van der Waals surface area (Å²) < 4.78 is 46.3. The van der Waals surface area contributed by atoms with Crippen molar-refractivity contribution in [3.63, 3.8) is 0 Å². The Balaban J connectivity index is 1.82. The quantitative estimate of drug-likeness (QED) is 0.669. The highest BCUT2D eigenvalue weighted by Gasteiger charge is 2.50. The molecule has 7 heteroatoms. The van der Waals surface area contributed by atoms with E-state index in [9.17, 15) is 13.2 Å². The smallest absolute Gasteiger partial charge is 0.433 e. The average Bonchev–Trinajstić information content (AvgIpc) is 2.89. The number of hydrogen-bond donors (Lipinski definition) is 0. The second kappa shape index (κ2) is 6.61. The third-order valence-corrected chi connectivity index (χ3v) is 6.06. The molecule has 1 aromatic heterocycles. The van der Waals surface area contributed by atoms with Gasteiger partial charge in [0.1, 0.15) is 5.75 Å². The number of rotatable bonds is 3. The highest BCUT2D eigenvalue weighted by atomic mass is 19.4. The van der Waals surface area contributed by atoms with Gasteiger partial charge in [0.25, 0.3) is 0 Å². The maximum absolute atomic E-state index is 13.7. The Morgan fingerprint density at radius 1 is 1.10 bits per heavy atom.